The first-order valence-corrected chi connectivity index (χ1v) is 6.09. The van der Waals surface area contributed by atoms with E-state index in [1.807, 2.05) is 0 Å². The van der Waals surface area contributed by atoms with Crippen LogP contribution in [0, 0.1) is 5.82 Å². The highest BCUT2D eigenvalue weighted by molar-refractivity contribution is 5.74. The van der Waals surface area contributed by atoms with Crippen LogP contribution >= 0.6 is 0 Å². The van der Waals surface area contributed by atoms with Crippen molar-refractivity contribution in [2.75, 3.05) is 13.7 Å². The van der Waals surface area contributed by atoms with Gasteiger partial charge in [-0.25, -0.2) is 9.18 Å². The number of hydrogen-bond acceptors (Lipinski definition) is 3. The number of carbonyl (C=O) groups excluding carboxylic acids is 1. The number of nitrogens with one attached hydrogen (secondary N) is 2. The van der Waals surface area contributed by atoms with Crippen molar-refractivity contribution in [1.82, 2.24) is 10.6 Å². The van der Waals surface area contributed by atoms with Crippen molar-refractivity contribution in [1.29, 1.82) is 0 Å². The fraction of sp³-hybridized carbons (Fsp3) is 0.385. The number of aliphatic carboxylic acids is 1. The molecular weight excluding hydrogens is 267 g/mol. The zero-order valence-corrected chi connectivity index (χ0v) is 11.1. The average molecular weight is 284 g/mol. The molecule has 0 aliphatic heterocycles. The van der Waals surface area contributed by atoms with E-state index in [9.17, 15) is 14.0 Å². The predicted molar refractivity (Wildman–Crippen MR) is 70.1 cm³/mol. The summed E-state index contributed by atoms with van der Waals surface area (Å²) in [6.45, 7) is 0.379. The van der Waals surface area contributed by atoms with Crippen LogP contribution in [0.15, 0.2) is 18.2 Å². The summed E-state index contributed by atoms with van der Waals surface area (Å²) in [6, 6.07) is 3.59. The van der Waals surface area contributed by atoms with Gasteiger partial charge in [-0.15, -0.1) is 0 Å². The topological polar surface area (TPSA) is 87.7 Å². The smallest absolute Gasteiger partial charge is 0.315 e. The molecule has 0 spiro atoms. The molecule has 20 heavy (non-hydrogen) atoms. The maximum atomic E-state index is 13.1. The third-order valence-corrected chi connectivity index (χ3v) is 2.53. The summed E-state index contributed by atoms with van der Waals surface area (Å²) in [5.74, 6) is -0.834. The van der Waals surface area contributed by atoms with Gasteiger partial charge in [-0.3, -0.25) is 4.79 Å². The number of carboxylic acid groups (broad SMARTS) is 1. The molecule has 0 bridgehead atoms. The molecule has 6 nitrogen and oxygen atoms in total. The minimum absolute atomic E-state index is 0.00198. The van der Waals surface area contributed by atoms with Crippen LogP contribution in [0.3, 0.4) is 0 Å². The van der Waals surface area contributed by atoms with Gasteiger partial charge in [0.2, 0.25) is 0 Å². The van der Waals surface area contributed by atoms with Crippen LogP contribution < -0.4 is 15.4 Å². The fourth-order valence-corrected chi connectivity index (χ4v) is 1.56. The highest BCUT2D eigenvalue weighted by Gasteiger charge is 2.06. The third kappa shape index (κ3) is 5.55. The molecule has 2 amide bonds. The highest BCUT2D eigenvalue weighted by Crippen LogP contribution is 2.18. The van der Waals surface area contributed by atoms with Gasteiger partial charge in [0.25, 0.3) is 0 Å². The Balaban J connectivity index is 2.37. The van der Waals surface area contributed by atoms with E-state index in [4.69, 9.17) is 9.84 Å². The number of amides is 2. The second-order valence-corrected chi connectivity index (χ2v) is 4.06. The Bertz CT molecular complexity index is 479. The van der Waals surface area contributed by atoms with E-state index < -0.39 is 17.8 Å². The van der Waals surface area contributed by atoms with Gasteiger partial charge in [0.05, 0.1) is 7.11 Å². The molecule has 1 rings (SSSR count). The summed E-state index contributed by atoms with van der Waals surface area (Å²) in [5, 5.41) is 13.5. The number of carboxylic acids is 1. The zero-order chi connectivity index (χ0) is 15.0. The first kappa shape index (κ1) is 15.7. The summed E-state index contributed by atoms with van der Waals surface area (Å²) >= 11 is 0. The van der Waals surface area contributed by atoms with Crippen molar-refractivity contribution in [3.8, 4) is 5.75 Å². The Morgan fingerprint density at radius 3 is 2.75 bits per heavy atom. The Hall–Kier alpha value is -2.31. The molecule has 0 heterocycles. The minimum atomic E-state index is -0.906. The van der Waals surface area contributed by atoms with Gasteiger partial charge in [-0.1, -0.05) is 0 Å². The second-order valence-electron chi connectivity index (χ2n) is 4.06. The van der Waals surface area contributed by atoms with E-state index in [0.717, 1.165) is 0 Å². The lowest BCUT2D eigenvalue weighted by molar-refractivity contribution is -0.137. The molecule has 0 aromatic heterocycles. The summed E-state index contributed by atoms with van der Waals surface area (Å²) < 4.78 is 18.1. The van der Waals surface area contributed by atoms with Crippen molar-refractivity contribution in [2.45, 2.75) is 19.4 Å². The first-order valence-electron chi connectivity index (χ1n) is 6.09. The van der Waals surface area contributed by atoms with E-state index in [2.05, 4.69) is 10.6 Å². The van der Waals surface area contributed by atoms with Crippen LogP contribution in [-0.4, -0.2) is 30.8 Å². The number of urea groups is 1. The van der Waals surface area contributed by atoms with Crippen molar-refractivity contribution >= 4 is 12.0 Å². The van der Waals surface area contributed by atoms with Crippen LogP contribution in [-0.2, 0) is 11.3 Å². The van der Waals surface area contributed by atoms with E-state index in [-0.39, 0.29) is 19.5 Å². The molecule has 0 saturated carbocycles. The fourth-order valence-electron chi connectivity index (χ4n) is 1.56. The maximum absolute atomic E-state index is 13.1. The van der Waals surface area contributed by atoms with Crippen molar-refractivity contribution < 1.29 is 23.8 Å². The van der Waals surface area contributed by atoms with Gasteiger partial charge in [-0.05, 0) is 24.6 Å². The molecule has 0 atom stereocenters. The van der Waals surface area contributed by atoms with E-state index >= 15 is 0 Å². The first-order chi connectivity index (χ1) is 9.52. The van der Waals surface area contributed by atoms with E-state index in [1.165, 1.54) is 25.3 Å². The van der Waals surface area contributed by atoms with Gasteiger partial charge >= 0.3 is 12.0 Å². The Morgan fingerprint density at radius 1 is 1.35 bits per heavy atom. The lowest BCUT2D eigenvalue weighted by Gasteiger charge is -2.10. The summed E-state index contributed by atoms with van der Waals surface area (Å²) in [6.07, 6.45) is 0.351. The highest BCUT2D eigenvalue weighted by atomic mass is 19.1. The Labute approximate surface area is 115 Å². The number of carbonyl (C=O) groups is 2. The van der Waals surface area contributed by atoms with Gasteiger partial charge < -0.3 is 20.5 Å². The van der Waals surface area contributed by atoms with Crippen LogP contribution in [0.5, 0.6) is 5.75 Å². The van der Waals surface area contributed by atoms with Crippen LogP contribution in [0.25, 0.3) is 0 Å². The van der Waals surface area contributed by atoms with Crippen molar-refractivity contribution in [3.63, 3.8) is 0 Å². The van der Waals surface area contributed by atoms with Gasteiger partial charge in [0, 0.05) is 25.1 Å². The monoisotopic (exact) mass is 284 g/mol. The van der Waals surface area contributed by atoms with Gasteiger partial charge in [-0.2, -0.15) is 0 Å². The zero-order valence-electron chi connectivity index (χ0n) is 11.1. The minimum Gasteiger partial charge on any atom is -0.496 e. The van der Waals surface area contributed by atoms with Gasteiger partial charge in [0.1, 0.15) is 11.6 Å². The second kappa shape index (κ2) is 7.98. The number of halogens is 1. The molecule has 0 fully saturated rings. The van der Waals surface area contributed by atoms with E-state index in [1.54, 1.807) is 0 Å². The molecule has 0 saturated heterocycles. The lowest BCUT2D eigenvalue weighted by atomic mass is 10.2. The molecular formula is C13H17FN2O4. The van der Waals surface area contributed by atoms with E-state index in [0.29, 0.717) is 17.7 Å². The molecule has 1 aromatic rings. The van der Waals surface area contributed by atoms with Gasteiger partial charge in [0.15, 0.2) is 0 Å². The molecule has 0 aliphatic rings. The lowest BCUT2D eigenvalue weighted by Crippen LogP contribution is -2.35. The maximum Gasteiger partial charge on any atom is 0.315 e. The normalized spacial score (nSPS) is 9.90. The van der Waals surface area contributed by atoms with Crippen molar-refractivity contribution in [3.05, 3.63) is 29.6 Å². The third-order valence-electron chi connectivity index (χ3n) is 2.53. The SMILES string of the molecule is COc1ccc(F)cc1CNC(=O)NCCCC(=O)O. The summed E-state index contributed by atoms with van der Waals surface area (Å²) in [7, 11) is 1.46. The molecule has 0 aliphatic carbocycles. The molecule has 7 heteroatoms. The Kier molecular flexibility index (Phi) is 6.28. The molecule has 1 aromatic carbocycles. The van der Waals surface area contributed by atoms with Crippen molar-refractivity contribution in [2.24, 2.45) is 0 Å². The number of methoxy groups -OCH3 is 1. The number of rotatable bonds is 7. The van der Waals surface area contributed by atoms with Crippen LogP contribution in [0.4, 0.5) is 9.18 Å². The molecule has 3 N–H and O–H groups in total. The molecule has 0 unspecified atom stereocenters. The Morgan fingerprint density at radius 2 is 2.10 bits per heavy atom. The van der Waals surface area contributed by atoms with Crippen LogP contribution in [0.2, 0.25) is 0 Å². The van der Waals surface area contributed by atoms with Crippen LogP contribution in [0.1, 0.15) is 18.4 Å². The number of ether oxygens (including phenoxy) is 1. The largest absolute Gasteiger partial charge is 0.496 e. The number of hydrogen-bond donors (Lipinski definition) is 3. The summed E-state index contributed by atoms with van der Waals surface area (Å²) in [5.41, 5.74) is 0.521. The standard InChI is InChI=1S/C13H17FN2O4/c1-20-11-5-4-10(14)7-9(11)8-16-13(19)15-6-2-3-12(17)18/h4-5,7H,2-3,6,8H2,1H3,(H,17,18)(H2,15,16,19). The quantitative estimate of drug-likeness (QED) is 0.662. The molecule has 110 valence electrons. The summed E-state index contributed by atoms with van der Waals surface area (Å²) in [4.78, 5) is 21.7. The predicted octanol–water partition coefficient (Wildman–Crippen LogP) is 1.50. The average Bonchev–Trinajstić information content (AvgIpc) is 2.41. The molecule has 0 radical (unpaired) electrons. The number of benzene rings is 1.